The van der Waals surface area contributed by atoms with E-state index < -0.39 is 5.82 Å². The Hall–Kier alpha value is -2.43. The standard InChI is InChI=1S/C14H13FN2O2/c1-19-13-8-9(4-5-11(13)15)12(18)7-10-3-2-6-17-14(10)16/h2-6,8H,7H2,1H3,(H2,16,17). The molecule has 0 aliphatic heterocycles. The highest BCUT2D eigenvalue weighted by Crippen LogP contribution is 2.20. The molecule has 19 heavy (non-hydrogen) atoms. The second-order valence-electron chi connectivity index (χ2n) is 4.00. The Morgan fingerprint density at radius 1 is 1.42 bits per heavy atom. The van der Waals surface area contributed by atoms with E-state index in [1.54, 1.807) is 18.3 Å². The first kappa shape index (κ1) is 13.0. The van der Waals surface area contributed by atoms with Gasteiger partial charge < -0.3 is 10.5 Å². The van der Waals surface area contributed by atoms with Crippen LogP contribution in [-0.2, 0) is 6.42 Å². The molecule has 0 saturated heterocycles. The van der Waals surface area contributed by atoms with Crippen LogP contribution in [0.4, 0.5) is 10.2 Å². The number of nitrogens with two attached hydrogens (primary N) is 1. The van der Waals surface area contributed by atoms with Gasteiger partial charge >= 0.3 is 0 Å². The van der Waals surface area contributed by atoms with Gasteiger partial charge in [-0.1, -0.05) is 6.07 Å². The SMILES string of the molecule is COc1cc(C(=O)Cc2cccnc2N)ccc1F. The molecule has 98 valence electrons. The number of anilines is 1. The molecule has 0 unspecified atom stereocenters. The zero-order valence-corrected chi connectivity index (χ0v) is 10.4. The van der Waals surface area contributed by atoms with E-state index in [2.05, 4.69) is 4.98 Å². The molecule has 0 saturated carbocycles. The lowest BCUT2D eigenvalue weighted by molar-refractivity contribution is 0.0992. The quantitative estimate of drug-likeness (QED) is 0.856. The number of hydrogen-bond acceptors (Lipinski definition) is 4. The first-order chi connectivity index (χ1) is 9.11. The average molecular weight is 260 g/mol. The topological polar surface area (TPSA) is 65.2 Å². The van der Waals surface area contributed by atoms with E-state index in [-0.39, 0.29) is 18.0 Å². The van der Waals surface area contributed by atoms with Gasteiger partial charge in [0, 0.05) is 23.7 Å². The molecule has 1 aromatic heterocycles. The first-order valence-corrected chi connectivity index (χ1v) is 5.68. The minimum atomic E-state index is -0.500. The van der Waals surface area contributed by atoms with Crippen LogP contribution in [0.1, 0.15) is 15.9 Å². The summed E-state index contributed by atoms with van der Waals surface area (Å²) in [5, 5.41) is 0. The fourth-order valence-electron chi connectivity index (χ4n) is 1.71. The van der Waals surface area contributed by atoms with Gasteiger partial charge in [0.2, 0.25) is 0 Å². The van der Waals surface area contributed by atoms with Crippen molar-refractivity contribution in [3.05, 3.63) is 53.5 Å². The van der Waals surface area contributed by atoms with Crippen molar-refractivity contribution in [3.8, 4) is 5.75 Å². The fourth-order valence-corrected chi connectivity index (χ4v) is 1.71. The molecule has 0 spiro atoms. The van der Waals surface area contributed by atoms with Gasteiger partial charge in [0.05, 0.1) is 7.11 Å². The van der Waals surface area contributed by atoms with Gasteiger partial charge in [0.15, 0.2) is 17.3 Å². The second kappa shape index (κ2) is 5.48. The van der Waals surface area contributed by atoms with E-state index in [0.29, 0.717) is 16.9 Å². The van der Waals surface area contributed by atoms with Crippen molar-refractivity contribution < 1.29 is 13.9 Å². The summed E-state index contributed by atoms with van der Waals surface area (Å²) in [5.41, 5.74) is 6.70. The molecule has 0 bridgehead atoms. The zero-order chi connectivity index (χ0) is 13.8. The number of carbonyl (C=O) groups is 1. The normalized spacial score (nSPS) is 10.2. The largest absolute Gasteiger partial charge is 0.494 e. The summed E-state index contributed by atoms with van der Waals surface area (Å²) < 4.78 is 18.1. The molecule has 4 nitrogen and oxygen atoms in total. The Morgan fingerprint density at radius 2 is 2.21 bits per heavy atom. The van der Waals surface area contributed by atoms with Crippen molar-refractivity contribution in [2.24, 2.45) is 0 Å². The number of carbonyl (C=O) groups excluding carboxylic acids is 1. The van der Waals surface area contributed by atoms with Crippen molar-refractivity contribution >= 4 is 11.6 Å². The van der Waals surface area contributed by atoms with Crippen LogP contribution in [0.3, 0.4) is 0 Å². The Kier molecular flexibility index (Phi) is 3.75. The summed E-state index contributed by atoms with van der Waals surface area (Å²) in [4.78, 5) is 16.0. The van der Waals surface area contributed by atoms with E-state index in [0.717, 1.165) is 0 Å². The smallest absolute Gasteiger partial charge is 0.167 e. The number of halogens is 1. The van der Waals surface area contributed by atoms with Gasteiger partial charge in [-0.3, -0.25) is 4.79 Å². The van der Waals surface area contributed by atoms with Crippen molar-refractivity contribution in [2.75, 3.05) is 12.8 Å². The van der Waals surface area contributed by atoms with E-state index in [1.807, 2.05) is 0 Å². The van der Waals surface area contributed by atoms with Crippen LogP contribution < -0.4 is 10.5 Å². The molecule has 0 radical (unpaired) electrons. The molecule has 1 aromatic carbocycles. The third-order valence-corrected chi connectivity index (χ3v) is 2.75. The van der Waals surface area contributed by atoms with Crippen molar-refractivity contribution in [3.63, 3.8) is 0 Å². The lowest BCUT2D eigenvalue weighted by Crippen LogP contribution is -2.07. The van der Waals surface area contributed by atoms with Crippen LogP contribution in [0.25, 0.3) is 0 Å². The van der Waals surface area contributed by atoms with Gasteiger partial charge in [-0.15, -0.1) is 0 Å². The Bertz CT molecular complexity index is 614. The summed E-state index contributed by atoms with van der Waals surface area (Å²) in [6, 6.07) is 7.46. The molecule has 2 N–H and O–H groups in total. The summed E-state index contributed by atoms with van der Waals surface area (Å²) in [7, 11) is 1.35. The highest BCUT2D eigenvalue weighted by molar-refractivity contribution is 5.98. The van der Waals surface area contributed by atoms with Crippen LogP contribution in [0, 0.1) is 5.82 Å². The van der Waals surface area contributed by atoms with Crippen LogP contribution >= 0.6 is 0 Å². The Labute approximate surface area is 110 Å². The molecule has 0 fully saturated rings. The highest BCUT2D eigenvalue weighted by atomic mass is 19.1. The van der Waals surface area contributed by atoms with Crippen molar-refractivity contribution in [1.82, 2.24) is 4.98 Å². The number of hydrogen-bond donors (Lipinski definition) is 1. The number of ether oxygens (including phenoxy) is 1. The number of nitrogens with zero attached hydrogens (tertiary/aromatic N) is 1. The molecule has 0 amide bonds. The highest BCUT2D eigenvalue weighted by Gasteiger charge is 2.12. The number of nitrogen functional groups attached to an aromatic ring is 1. The summed E-state index contributed by atoms with van der Waals surface area (Å²) in [6.07, 6.45) is 1.68. The predicted molar refractivity (Wildman–Crippen MR) is 69.6 cm³/mol. The van der Waals surface area contributed by atoms with Crippen LogP contribution in [0.5, 0.6) is 5.75 Å². The Morgan fingerprint density at radius 3 is 2.89 bits per heavy atom. The van der Waals surface area contributed by atoms with E-state index >= 15 is 0 Å². The van der Waals surface area contributed by atoms with Crippen molar-refractivity contribution in [2.45, 2.75) is 6.42 Å². The lowest BCUT2D eigenvalue weighted by atomic mass is 10.0. The van der Waals surface area contributed by atoms with E-state index in [1.165, 1.54) is 25.3 Å². The molecule has 2 aromatic rings. The van der Waals surface area contributed by atoms with E-state index in [4.69, 9.17) is 10.5 Å². The van der Waals surface area contributed by atoms with Gasteiger partial charge in [0.25, 0.3) is 0 Å². The summed E-state index contributed by atoms with van der Waals surface area (Å²) >= 11 is 0. The molecular weight excluding hydrogens is 247 g/mol. The molecule has 5 heteroatoms. The number of pyridine rings is 1. The van der Waals surface area contributed by atoms with Gasteiger partial charge in [-0.05, 0) is 24.3 Å². The molecule has 0 aliphatic rings. The monoisotopic (exact) mass is 260 g/mol. The third kappa shape index (κ3) is 2.88. The molecule has 0 atom stereocenters. The van der Waals surface area contributed by atoms with Crippen LogP contribution in [-0.4, -0.2) is 17.9 Å². The zero-order valence-electron chi connectivity index (χ0n) is 10.4. The van der Waals surface area contributed by atoms with Gasteiger partial charge in [-0.2, -0.15) is 0 Å². The van der Waals surface area contributed by atoms with Crippen LogP contribution in [0.2, 0.25) is 0 Å². The average Bonchev–Trinajstić information content (AvgIpc) is 2.42. The number of rotatable bonds is 4. The maximum absolute atomic E-state index is 13.3. The second-order valence-corrected chi connectivity index (χ2v) is 4.00. The maximum atomic E-state index is 13.3. The molecule has 0 aliphatic carbocycles. The minimum Gasteiger partial charge on any atom is -0.494 e. The number of methoxy groups -OCH3 is 1. The third-order valence-electron chi connectivity index (χ3n) is 2.75. The first-order valence-electron chi connectivity index (χ1n) is 5.68. The van der Waals surface area contributed by atoms with E-state index in [9.17, 15) is 9.18 Å². The fraction of sp³-hybridized carbons (Fsp3) is 0.143. The number of ketones is 1. The van der Waals surface area contributed by atoms with Gasteiger partial charge in [-0.25, -0.2) is 9.37 Å². The molecule has 1 heterocycles. The maximum Gasteiger partial charge on any atom is 0.167 e. The van der Waals surface area contributed by atoms with Gasteiger partial charge in [0.1, 0.15) is 5.82 Å². The van der Waals surface area contributed by atoms with Crippen molar-refractivity contribution in [1.29, 1.82) is 0 Å². The number of benzene rings is 1. The predicted octanol–water partition coefficient (Wildman–Crippen LogP) is 2.24. The molecule has 2 rings (SSSR count). The van der Waals surface area contributed by atoms with Crippen LogP contribution in [0.15, 0.2) is 36.5 Å². The molecular formula is C14H13FN2O2. The summed E-state index contributed by atoms with van der Waals surface area (Å²) in [6.45, 7) is 0. The number of Topliss-reactive ketones (excluding diaryl/α,β-unsaturated/α-hetero) is 1. The minimum absolute atomic E-state index is 0.0463. The Balaban J connectivity index is 2.23. The lowest BCUT2D eigenvalue weighted by Gasteiger charge is -2.06. The number of aromatic nitrogens is 1. The summed E-state index contributed by atoms with van der Waals surface area (Å²) in [5.74, 6) is -0.298.